The number of nitrogens with two attached hydrogens (primary N) is 1. The fraction of sp³-hybridized carbons (Fsp3) is 0.478. The van der Waals surface area contributed by atoms with Gasteiger partial charge in [-0.15, -0.1) is 0 Å². The molecule has 3 atom stereocenters. The Bertz CT molecular complexity index is 899. The molecule has 0 heterocycles. The molecule has 4 N–H and O–H groups in total. The van der Waals surface area contributed by atoms with Crippen LogP contribution in [0.2, 0.25) is 0 Å². The third-order valence-electron chi connectivity index (χ3n) is 5.83. The number of rotatable bonds is 10. The molecule has 0 spiro atoms. The highest BCUT2D eigenvalue weighted by atomic mass is 31.2. The van der Waals surface area contributed by atoms with Crippen molar-refractivity contribution in [3.05, 3.63) is 59.7 Å². The largest absolute Gasteiger partial charge is 0.497 e. The highest BCUT2D eigenvalue weighted by Gasteiger charge is 2.38. The highest BCUT2D eigenvalue weighted by Crippen LogP contribution is 2.43. The molecule has 31 heavy (non-hydrogen) atoms. The van der Waals surface area contributed by atoms with E-state index in [0.717, 1.165) is 30.8 Å². The van der Waals surface area contributed by atoms with E-state index in [1.54, 1.807) is 7.11 Å². The third kappa shape index (κ3) is 7.34. The van der Waals surface area contributed by atoms with Gasteiger partial charge in [0.15, 0.2) is 0 Å². The summed E-state index contributed by atoms with van der Waals surface area (Å²) in [7, 11) is -2.86. The molecule has 1 aliphatic rings. The minimum atomic E-state index is -4.50. The van der Waals surface area contributed by atoms with Gasteiger partial charge >= 0.3 is 7.82 Å². The van der Waals surface area contributed by atoms with Crippen LogP contribution in [0.3, 0.4) is 0 Å². The molecule has 2 aromatic carbocycles. The quantitative estimate of drug-likeness (QED) is 0.467. The van der Waals surface area contributed by atoms with E-state index in [9.17, 15) is 4.57 Å². The van der Waals surface area contributed by atoms with Crippen molar-refractivity contribution in [3.63, 3.8) is 0 Å². The smallest absolute Gasteiger partial charge is 0.469 e. The molecule has 0 aromatic heterocycles. The van der Waals surface area contributed by atoms with Crippen LogP contribution in [0.15, 0.2) is 48.5 Å². The van der Waals surface area contributed by atoms with Gasteiger partial charge in [-0.2, -0.15) is 0 Å². The fourth-order valence-electron chi connectivity index (χ4n) is 4.08. The Hall–Kier alpha value is -1.89. The molecule has 0 unspecified atom stereocenters. The zero-order valence-electron chi connectivity index (χ0n) is 18.1. The predicted octanol–water partition coefficient (Wildman–Crippen LogP) is 4.17. The van der Waals surface area contributed by atoms with E-state index in [0.29, 0.717) is 12.8 Å². The number of phosphoric ester groups is 1. The van der Waals surface area contributed by atoms with Gasteiger partial charge < -0.3 is 25.0 Å². The van der Waals surface area contributed by atoms with Gasteiger partial charge in [-0.1, -0.05) is 30.3 Å². The molecule has 0 amide bonds. The van der Waals surface area contributed by atoms with Crippen LogP contribution in [0, 0.1) is 0 Å². The molecule has 2 aromatic rings. The van der Waals surface area contributed by atoms with Gasteiger partial charge in [0.1, 0.15) is 11.5 Å². The second kappa shape index (κ2) is 10.2. The second-order valence-electron chi connectivity index (χ2n) is 8.45. The average molecular weight is 449 g/mol. The molecule has 0 radical (unpaired) electrons. The maximum atomic E-state index is 11.0. The number of ether oxygens (including phenoxy) is 2. The van der Waals surface area contributed by atoms with Crippen LogP contribution >= 0.6 is 7.82 Å². The molecule has 1 saturated carbocycles. The summed E-state index contributed by atoms with van der Waals surface area (Å²) in [6.45, 7) is 1.93. The van der Waals surface area contributed by atoms with Crippen LogP contribution < -0.4 is 15.2 Å². The Labute approximate surface area is 183 Å². The van der Waals surface area contributed by atoms with Crippen molar-refractivity contribution in [1.82, 2.24) is 0 Å². The molecule has 0 saturated heterocycles. The van der Waals surface area contributed by atoms with Gasteiger partial charge in [-0.3, -0.25) is 4.52 Å². The Balaban J connectivity index is 1.48. The van der Waals surface area contributed by atoms with Crippen molar-refractivity contribution in [3.8, 4) is 11.5 Å². The van der Waals surface area contributed by atoms with Crippen LogP contribution in [0.4, 0.5) is 0 Å². The molecule has 0 aliphatic heterocycles. The molecular formula is C23H32NO6P. The fourth-order valence-corrected chi connectivity index (χ4v) is 4.50. The Kier molecular flexibility index (Phi) is 7.78. The van der Waals surface area contributed by atoms with Gasteiger partial charge in [0, 0.05) is 11.6 Å². The van der Waals surface area contributed by atoms with Crippen molar-refractivity contribution in [2.75, 3.05) is 13.7 Å². The summed E-state index contributed by atoms with van der Waals surface area (Å²) in [6, 6.07) is 16.1. The maximum Gasteiger partial charge on any atom is 0.469 e. The maximum absolute atomic E-state index is 11.0. The van der Waals surface area contributed by atoms with Crippen LogP contribution in [-0.4, -0.2) is 35.1 Å². The first-order chi connectivity index (χ1) is 14.7. The van der Waals surface area contributed by atoms with Gasteiger partial charge in [-0.05, 0) is 68.2 Å². The molecule has 8 heteroatoms. The standard InChI is InChI=1S/C23H32NO6P/c1-17(30-22-5-3-4-21(14-22)28-2)6-7-18-8-10-19(11-9-18)20-12-13-23(24,15-20)16-29-31(25,26)27/h3-5,8-11,14,17,20H,6-7,12-13,15-16,24H2,1-2H3,(H2,25,26,27)/t17-,20-,23+/m1/s1. The molecule has 1 fully saturated rings. The number of aryl methyl sites for hydroxylation is 1. The van der Waals surface area contributed by atoms with Crippen molar-refractivity contribution >= 4 is 7.82 Å². The van der Waals surface area contributed by atoms with E-state index in [-0.39, 0.29) is 18.6 Å². The van der Waals surface area contributed by atoms with E-state index in [1.807, 2.05) is 24.3 Å². The normalized spacial score (nSPS) is 22.3. The van der Waals surface area contributed by atoms with Crippen molar-refractivity contribution in [2.45, 2.75) is 56.6 Å². The van der Waals surface area contributed by atoms with E-state index in [2.05, 4.69) is 35.7 Å². The van der Waals surface area contributed by atoms with E-state index in [4.69, 9.17) is 25.0 Å². The number of methoxy groups -OCH3 is 1. The van der Waals surface area contributed by atoms with Gasteiger partial charge in [0.2, 0.25) is 0 Å². The minimum absolute atomic E-state index is 0.0773. The Morgan fingerprint density at radius 2 is 1.90 bits per heavy atom. The van der Waals surface area contributed by atoms with Crippen molar-refractivity contribution in [2.24, 2.45) is 5.73 Å². The molecule has 170 valence electrons. The SMILES string of the molecule is COc1cccc(O[C@H](C)CCc2ccc([C@@H]3CC[C@@](N)(COP(=O)(O)O)C3)cc2)c1. The van der Waals surface area contributed by atoms with Gasteiger partial charge in [0.05, 0.1) is 19.8 Å². The lowest BCUT2D eigenvalue weighted by atomic mass is 9.92. The Morgan fingerprint density at radius 3 is 2.58 bits per heavy atom. The summed E-state index contributed by atoms with van der Waals surface area (Å²) in [4.78, 5) is 17.8. The Morgan fingerprint density at radius 1 is 1.19 bits per heavy atom. The summed E-state index contributed by atoms with van der Waals surface area (Å²) in [6.07, 6.45) is 4.09. The first-order valence-electron chi connectivity index (χ1n) is 10.5. The van der Waals surface area contributed by atoms with E-state index in [1.165, 1.54) is 11.1 Å². The first kappa shape index (κ1) is 23.8. The number of benzene rings is 2. The van der Waals surface area contributed by atoms with Gasteiger partial charge in [0.25, 0.3) is 0 Å². The van der Waals surface area contributed by atoms with Crippen molar-refractivity contribution < 1.29 is 28.3 Å². The topological polar surface area (TPSA) is 111 Å². The predicted molar refractivity (Wildman–Crippen MR) is 119 cm³/mol. The number of hydrogen-bond donors (Lipinski definition) is 3. The van der Waals surface area contributed by atoms with Crippen LogP contribution in [0.5, 0.6) is 11.5 Å². The molecule has 0 bridgehead atoms. The van der Waals surface area contributed by atoms with E-state index >= 15 is 0 Å². The lowest BCUT2D eigenvalue weighted by molar-refractivity contribution is 0.153. The molecule has 3 rings (SSSR count). The van der Waals surface area contributed by atoms with Gasteiger partial charge in [-0.25, -0.2) is 4.57 Å². The second-order valence-corrected chi connectivity index (χ2v) is 9.69. The first-order valence-corrected chi connectivity index (χ1v) is 12.1. The third-order valence-corrected chi connectivity index (χ3v) is 6.30. The number of phosphoric acid groups is 1. The monoisotopic (exact) mass is 449 g/mol. The summed E-state index contributed by atoms with van der Waals surface area (Å²) in [5.74, 6) is 1.85. The number of hydrogen-bond acceptors (Lipinski definition) is 5. The molecule has 1 aliphatic carbocycles. The lowest BCUT2D eigenvalue weighted by Crippen LogP contribution is -2.41. The summed E-state index contributed by atoms with van der Waals surface area (Å²) >= 11 is 0. The zero-order chi connectivity index (χ0) is 22.5. The lowest BCUT2D eigenvalue weighted by Gasteiger charge is -2.24. The summed E-state index contributed by atoms with van der Waals surface area (Å²) in [5, 5.41) is 0. The highest BCUT2D eigenvalue weighted by molar-refractivity contribution is 7.46. The minimum Gasteiger partial charge on any atom is -0.497 e. The molecule has 7 nitrogen and oxygen atoms in total. The van der Waals surface area contributed by atoms with E-state index < -0.39 is 13.4 Å². The van der Waals surface area contributed by atoms with Crippen LogP contribution in [0.1, 0.15) is 49.7 Å². The van der Waals surface area contributed by atoms with Crippen LogP contribution in [-0.2, 0) is 15.5 Å². The molecular weight excluding hydrogens is 417 g/mol. The summed E-state index contributed by atoms with van der Waals surface area (Å²) in [5.41, 5.74) is 8.04. The van der Waals surface area contributed by atoms with Crippen LogP contribution in [0.25, 0.3) is 0 Å². The average Bonchev–Trinajstić information content (AvgIpc) is 3.13. The summed E-state index contributed by atoms with van der Waals surface area (Å²) < 4.78 is 26.8. The zero-order valence-corrected chi connectivity index (χ0v) is 19.0. The van der Waals surface area contributed by atoms with Crippen molar-refractivity contribution in [1.29, 1.82) is 0 Å².